The molecule has 4 aromatic carbocycles. The maximum Gasteiger partial charge on any atom is 0.333 e. The standard InChI is InChI=1S/C43H40N4O3/c1-7-46-33(31-13-9-11-29-25(3)15-21-35(46)38(29)31)23-19-27-17-18-28(37(27)40-41(48)44(5)43(50)45(6)42(40)49)20-24-34-32-14-10-12-30-26(4)16-22-36(39(30)32)47(34)8-2/h9-16,19-24H,7-8,17-18H2,1-6H3/b27-19+,28-20+,33-23+,34-24+. The van der Waals surface area contributed by atoms with Gasteiger partial charge in [0.1, 0.15) is 5.57 Å². The molecule has 8 rings (SSSR count). The maximum atomic E-state index is 13.8. The van der Waals surface area contributed by atoms with Crippen LogP contribution < -0.4 is 10.7 Å². The third-order valence-electron chi connectivity index (χ3n) is 10.9. The van der Waals surface area contributed by atoms with Gasteiger partial charge < -0.3 is 9.13 Å². The molecule has 7 heteroatoms. The van der Waals surface area contributed by atoms with Crippen molar-refractivity contribution in [3.05, 3.63) is 117 Å². The second-order valence-electron chi connectivity index (χ2n) is 13.5. The van der Waals surface area contributed by atoms with Crippen molar-refractivity contribution in [1.29, 1.82) is 0 Å². The SMILES string of the molecule is CCn1/c(=C/C=C2\CC/C(=C\C=c3/c4cccc5c(C)ccc(c54)n3CC)C2=C2C(=O)N(C)C(=O)N(C)C2=O)c2cccc3c(C)ccc1c32. The second-order valence-corrected chi connectivity index (χ2v) is 13.5. The first-order valence-electron chi connectivity index (χ1n) is 17.4. The number of barbiturate groups is 1. The average molecular weight is 661 g/mol. The predicted octanol–water partition coefficient (Wildman–Crippen LogP) is 7.25. The Morgan fingerprint density at radius 1 is 0.560 bits per heavy atom. The highest BCUT2D eigenvalue weighted by Crippen LogP contribution is 2.40. The van der Waals surface area contributed by atoms with Crippen LogP contribution >= 0.6 is 0 Å². The number of hydrogen-bond donors (Lipinski definition) is 0. The van der Waals surface area contributed by atoms with Crippen molar-refractivity contribution in [3.8, 4) is 0 Å². The van der Waals surface area contributed by atoms with E-state index in [-0.39, 0.29) is 5.57 Å². The van der Waals surface area contributed by atoms with E-state index in [9.17, 15) is 14.4 Å². The van der Waals surface area contributed by atoms with Gasteiger partial charge in [-0.3, -0.25) is 19.4 Å². The number of imide groups is 2. The van der Waals surface area contributed by atoms with Gasteiger partial charge in [-0.15, -0.1) is 0 Å². The zero-order valence-electron chi connectivity index (χ0n) is 29.4. The first-order chi connectivity index (χ1) is 24.2. The molecule has 3 heterocycles. The average Bonchev–Trinajstić information content (AvgIpc) is 3.78. The Hall–Kier alpha value is -5.69. The van der Waals surface area contributed by atoms with Crippen LogP contribution in [0.4, 0.5) is 4.79 Å². The van der Waals surface area contributed by atoms with Gasteiger partial charge in [0, 0.05) is 70.5 Å². The van der Waals surface area contributed by atoms with Crippen molar-refractivity contribution in [2.45, 2.75) is 53.6 Å². The summed E-state index contributed by atoms with van der Waals surface area (Å²) in [6.45, 7) is 10.2. The van der Waals surface area contributed by atoms with Crippen molar-refractivity contribution < 1.29 is 14.4 Å². The molecule has 50 heavy (non-hydrogen) atoms. The fourth-order valence-electron chi connectivity index (χ4n) is 8.31. The molecule has 1 saturated carbocycles. The van der Waals surface area contributed by atoms with Crippen LogP contribution in [0.25, 0.3) is 55.5 Å². The van der Waals surface area contributed by atoms with Gasteiger partial charge in [-0.05, 0) is 103 Å². The Morgan fingerprint density at radius 2 is 0.980 bits per heavy atom. The van der Waals surface area contributed by atoms with Gasteiger partial charge in [0.25, 0.3) is 11.8 Å². The van der Waals surface area contributed by atoms with Gasteiger partial charge in [0.15, 0.2) is 0 Å². The van der Waals surface area contributed by atoms with Crippen LogP contribution in [0.2, 0.25) is 0 Å². The minimum Gasteiger partial charge on any atom is -0.341 e. The van der Waals surface area contributed by atoms with Crippen LogP contribution in [0.15, 0.2) is 95.1 Å². The number of urea groups is 1. The third kappa shape index (κ3) is 4.45. The van der Waals surface area contributed by atoms with E-state index in [1.807, 2.05) is 0 Å². The summed E-state index contributed by atoms with van der Waals surface area (Å²) in [7, 11) is 2.88. The van der Waals surface area contributed by atoms with Crippen molar-refractivity contribution >= 4 is 73.3 Å². The largest absolute Gasteiger partial charge is 0.341 e. The number of rotatable bonds is 4. The number of benzene rings is 4. The summed E-state index contributed by atoms with van der Waals surface area (Å²) in [5.74, 6) is -1.14. The lowest BCUT2D eigenvalue weighted by Crippen LogP contribution is -2.53. The van der Waals surface area contributed by atoms with E-state index >= 15 is 0 Å². The highest BCUT2D eigenvalue weighted by atomic mass is 16.2. The molecule has 0 N–H and O–H groups in total. The van der Waals surface area contributed by atoms with Gasteiger partial charge in [0.2, 0.25) is 0 Å². The lowest BCUT2D eigenvalue weighted by molar-refractivity contribution is -0.134. The molecule has 2 aliphatic rings. The summed E-state index contributed by atoms with van der Waals surface area (Å²) in [6, 6.07) is 21.0. The van der Waals surface area contributed by atoms with E-state index < -0.39 is 17.8 Å². The molecule has 4 amide bonds. The minimum atomic E-state index is -0.626. The second kappa shape index (κ2) is 11.7. The number of carbonyl (C=O) groups is 3. The van der Waals surface area contributed by atoms with E-state index in [1.165, 1.54) is 68.6 Å². The Kier molecular flexibility index (Phi) is 7.40. The summed E-state index contributed by atoms with van der Waals surface area (Å²) in [4.78, 5) is 42.5. The van der Waals surface area contributed by atoms with E-state index in [1.54, 1.807) is 0 Å². The number of likely N-dealkylation sites (N-methyl/N-ethyl adjacent to an activating group) is 2. The van der Waals surface area contributed by atoms with Crippen LogP contribution in [0.5, 0.6) is 0 Å². The predicted molar refractivity (Wildman–Crippen MR) is 202 cm³/mol. The molecule has 1 aliphatic heterocycles. The first kappa shape index (κ1) is 31.6. The number of nitrogens with zero attached hydrogens (tertiary/aromatic N) is 4. The number of aryl methyl sites for hydroxylation is 4. The Balaban J connectivity index is 1.37. The molecule has 6 aromatic rings. The molecule has 1 aliphatic carbocycles. The minimum absolute atomic E-state index is 0.0426. The fraction of sp³-hybridized carbons (Fsp3) is 0.233. The molecule has 250 valence electrons. The van der Waals surface area contributed by atoms with Gasteiger partial charge in [0.05, 0.1) is 0 Å². The third-order valence-corrected chi connectivity index (χ3v) is 10.9. The number of carbonyl (C=O) groups excluding carboxylic acids is 3. The Labute approximate surface area is 290 Å². The van der Waals surface area contributed by atoms with E-state index in [4.69, 9.17) is 0 Å². The van der Waals surface area contributed by atoms with Crippen LogP contribution in [0.3, 0.4) is 0 Å². The molecule has 1 saturated heterocycles. The lowest BCUT2D eigenvalue weighted by Gasteiger charge is -2.30. The summed E-state index contributed by atoms with van der Waals surface area (Å²) < 4.78 is 4.65. The summed E-state index contributed by atoms with van der Waals surface area (Å²) in [6.07, 6.45) is 9.75. The number of aromatic nitrogens is 2. The molecule has 2 aromatic heterocycles. The quantitative estimate of drug-likeness (QED) is 0.148. The molecular formula is C43H40N4O3. The highest BCUT2D eigenvalue weighted by molar-refractivity contribution is 6.29. The monoisotopic (exact) mass is 660 g/mol. The molecule has 7 nitrogen and oxygen atoms in total. The first-order valence-corrected chi connectivity index (χ1v) is 17.4. The van der Waals surface area contributed by atoms with Gasteiger partial charge in [-0.1, -0.05) is 60.7 Å². The smallest absolute Gasteiger partial charge is 0.333 e. The zero-order chi connectivity index (χ0) is 35.0. The fourth-order valence-corrected chi connectivity index (χ4v) is 8.31. The van der Waals surface area contributed by atoms with Crippen LogP contribution in [-0.2, 0) is 22.7 Å². The van der Waals surface area contributed by atoms with Crippen LogP contribution in [0, 0.1) is 13.8 Å². The molecule has 0 atom stereocenters. The summed E-state index contributed by atoms with van der Waals surface area (Å²) in [5, 5.41) is 9.51. The van der Waals surface area contributed by atoms with Crippen molar-refractivity contribution in [2.75, 3.05) is 14.1 Å². The molecular weight excluding hydrogens is 620 g/mol. The Morgan fingerprint density at radius 3 is 1.40 bits per heavy atom. The van der Waals surface area contributed by atoms with E-state index in [2.05, 4.69) is 122 Å². The van der Waals surface area contributed by atoms with E-state index in [0.717, 1.165) is 44.7 Å². The molecule has 0 unspecified atom stereocenters. The number of amides is 4. The topological polar surface area (TPSA) is 67.6 Å². The van der Waals surface area contributed by atoms with Crippen molar-refractivity contribution in [2.24, 2.45) is 0 Å². The molecule has 2 fully saturated rings. The van der Waals surface area contributed by atoms with Gasteiger partial charge in [-0.25, -0.2) is 4.79 Å². The van der Waals surface area contributed by atoms with Crippen molar-refractivity contribution in [1.82, 2.24) is 18.9 Å². The normalized spacial score (nSPS) is 18.5. The zero-order valence-corrected chi connectivity index (χ0v) is 29.4. The van der Waals surface area contributed by atoms with Gasteiger partial charge >= 0.3 is 6.03 Å². The molecule has 0 radical (unpaired) electrons. The Bertz CT molecular complexity index is 2500. The number of allylic oxidation sites excluding steroid dienone is 5. The van der Waals surface area contributed by atoms with Crippen LogP contribution in [-0.4, -0.2) is 50.9 Å². The highest BCUT2D eigenvalue weighted by Gasteiger charge is 2.42. The maximum absolute atomic E-state index is 13.8. The van der Waals surface area contributed by atoms with Crippen molar-refractivity contribution in [3.63, 3.8) is 0 Å². The lowest BCUT2D eigenvalue weighted by atomic mass is 9.95. The van der Waals surface area contributed by atoms with Crippen LogP contribution in [0.1, 0.15) is 37.8 Å². The summed E-state index contributed by atoms with van der Waals surface area (Å²) >= 11 is 0. The number of hydrogen-bond acceptors (Lipinski definition) is 3. The molecule has 0 spiro atoms. The van der Waals surface area contributed by atoms with E-state index in [0.29, 0.717) is 18.4 Å². The summed E-state index contributed by atoms with van der Waals surface area (Å²) in [5.41, 5.74) is 7.34. The molecule has 0 bridgehead atoms. The van der Waals surface area contributed by atoms with Gasteiger partial charge in [-0.2, -0.15) is 0 Å².